The predicted octanol–water partition coefficient (Wildman–Crippen LogP) is 3.16. The number of aliphatic hydroxyl groups is 1. The molecular formula is C22H31N3O2. The lowest BCUT2D eigenvalue weighted by Gasteiger charge is -2.39. The fourth-order valence-corrected chi connectivity index (χ4v) is 4.47. The van der Waals surface area contributed by atoms with Crippen LogP contribution >= 0.6 is 0 Å². The van der Waals surface area contributed by atoms with E-state index in [4.69, 9.17) is 0 Å². The van der Waals surface area contributed by atoms with Gasteiger partial charge in [-0.25, -0.2) is 0 Å². The summed E-state index contributed by atoms with van der Waals surface area (Å²) in [6.45, 7) is 3.52. The number of nitriles is 1. The summed E-state index contributed by atoms with van der Waals surface area (Å²) in [6.07, 6.45) is 5.97. The minimum absolute atomic E-state index is 0.0412. The van der Waals surface area contributed by atoms with Gasteiger partial charge in [0, 0.05) is 0 Å². The summed E-state index contributed by atoms with van der Waals surface area (Å²) in [5.41, 5.74) is 0.292. The average Bonchev–Trinajstić information content (AvgIpc) is 2.74. The molecule has 1 saturated carbocycles. The molecule has 5 nitrogen and oxygen atoms in total. The molecule has 1 aliphatic carbocycles. The van der Waals surface area contributed by atoms with E-state index in [1.54, 1.807) is 0 Å². The number of piperidine rings is 1. The zero-order valence-electron chi connectivity index (χ0n) is 16.2. The van der Waals surface area contributed by atoms with Crippen LogP contribution in [-0.4, -0.2) is 40.6 Å². The van der Waals surface area contributed by atoms with Gasteiger partial charge in [-0.2, -0.15) is 5.26 Å². The first kappa shape index (κ1) is 19.9. The number of carbonyl (C=O) groups excluding carboxylic acids is 1. The molecule has 1 saturated heterocycles. The third kappa shape index (κ3) is 4.69. The Hall–Kier alpha value is -1.90. The highest BCUT2D eigenvalue weighted by atomic mass is 16.3. The molecule has 27 heavy (non-hydrogen) atoms. The number of benzene rings is 1. The lowest BCUT2D eigenvalue weighted by atomic mass is 9.82. The van der Waals surface area contributed by atoms with Gasteiger partial charge in [-0.05, 0) is 57.2 Å². The number of hydrogen-bond acceptors (Lipinski definition) is 4. The predicted molar refractivity (Wildman–Crippen MR) is 105 cm³/mol. The van der Waals surface area contributed by atoms with Crippen LogP contribution in [0.25, 0.3) is 0 Å². The molecule has 1 aromatic carbocycles. The maximum absolute atomic E-state index is 12.8. The van der Waals surface area contributed by atoms with Crippen molar-refractivity contribution in [3.05, 3.63) is 35.9 Å². The van der Waals surface area contributed by atoms with Crippen molar-refractivity contribution in [2.75, 3.05) is 13.1 Å². The van der Waals surface area contributed by atoms with Gasteiger partial charge in [0.25, 0.3) is 0 Å². The molecule has 5 heteroatoms. The lowest BCUT2D eigenvalue weighted by molar-refractivity contribution is -0.128. The monoisotopic (exact) mass is 369 g/mol. The van der Waals surface area contributed by atoms with Crippen molar-refractivity contribution in [3.63, 3.8) is 0 Å². The Morgan fingerprint density at radius 2 is 1.85 bits per heavy atom. The van der Waals surface area contributed by atoms with Crippen LogP contribution < -0.4 is 5.32 Å². The van der Waals surface area contributed by atoms with Gasteiger partial charge < -0.3 is 10.4 Å². The highest BCUT2D eigenvalue weighted by Gasteiger charge is 2.37. The molecule has 0 radical (unpaired) electrons. The van der Waals surface area contributed by atoms with E-state index in [-0.39, 0.29) is 17.9 Å². The summed E-state index contributed by atoms with van der Waals surface area (Å²) < 4.78 is 0. The molecule has 0 bridgehead atoms. The van der Waals surface area contributed by atoms with Crippen molar-refractivity contribution in [2.45, 2.75) is 69.6 Å². The molecule has 2 atom stereocenters. The highest BCUT2D eigenvalue weighted by molar-refractivity contribution is 5.82. The summed E-state index contributed by atoms with van der Waals surface area (Å²) in [6, 6.07) is 11.9. The zero-order valence-corrected chi connectivity index (χ0v) is 16.2. The van der Waals surface area contributed by atoms with E-state index in [9.17, 15) is 15.2 Å². The second kappa shape index (κ2) is 8.86. The molecule has 1 heterocycles. The summed E-state index contributed by atoms with van der Waals surface area (Å²) in [7, 11) is 0. The Bertz CT molecular complexity index is 656. The Morgan fingerprint density at radius 1 is 1.22 bits per heavy atom. The maximum atomic E-state index is 12.8. The third-order valence-corrected chi connectivity index (χ3v) is 6.37. The molecule has 146 valence electrons. The Morgan fingerprint density at radius 3 is 2.44 bits per heavy atom. The van der Waals surface area contributed by atoms with Gasteiger partial charge in [-0.3, -0.25) is 9.69 Å². The van der Waals surface area contributed by atoms with Crippen LogP contribution in [0.1, 0.15) is 63.5 Å². The first-order valence-electron chi connectivity index (χ1n) is 10.2. The normalized spacial score (nSPS) is 23.1. The minimum Gasteiger partial charge on any atom is -0.388 e. The molecule has 0 aromatic heterocycles. The van der Waals surface area contributed by atoms with Gasteiger partial charge in [-0.1, -0.05) is 49.6 Å². The van der Waals surface area contributed by atoms with Gasteiger partial charge in [0.15, 0.2) is 0 Å². The molecule has 2 aliphatic rings. The maximum Gasteiger partial charge on any atom is 0.238 e. The van der Waals surface area contributed by atoms with Gasteiger partial charge in [0.05, 0.1) is 18.2 Å². The first-order valence-corrected chi connectivity index (χ1v) is 10.2. The quantitative estimate of drug-likeness (QED) is 0.836. The van der Waals surface area contributed by atoms with Crippen molar-refractivity contribution in [1.29, 1.82) is 5.26 Å². The van der Waals surface area contributed by atoms with E-state index < -0.39 is 11.6 Å². The Balaban J connectivity index is 1.52. The number of nitrogens with one attached hydrogen (secondary N) is 1. The van der Waals surface area contributed by atoms with E-state index in [1.807, 2.05) is 37.3 Å². The fourth-order valence-electron chi connectivity index (χ4n) is 4.47. The van der Waals surface area contributed by atoms with Crippen LogP contribution in [0, 0.1) is 17.2 Å². The fraction of sp³-hybridized carbons (Fsp3) is 0.636. The van der Waals surface area contributed by atoms with E-state index in [0.717, 1.165) is 63.6 Å². The second-order valence-corrected chi connectivity index (χ2v) is 8.15. The SMILES string of the molecule is CC(C(=O)NC1(C#N)CCCCC1)N1CCC(C(O)c2ccccc2)CC1. The Kier molecular flexibility index (Phi) is 6.51. The van der Waals surface area contributed by atoms with Gasteiger partial charge in [0.1, 0.15) is 5.54 Å². The van der Waals surface area contributed by atoms with Crippen molar-refractivity contribution in [1.82, 2.24) is 10.2 Å². The van der Waals surface area contributed by atoms with Gasteiger partial charge in [-0.15, -0.1) is 0 Å². The summed E-state index contributed by atoms with van der Waals surface area (Å²) in [5, 5.41) is 23.3. The molecule has 2 fully saturated rings. The van der Waals surface area contributed by atoms with E-state index in [2.05, 4.69) is 16.3 Å². The molecule has 2 N–H and O–H groups in total. The number of amides is 1. The van der Waals surface area contributed by atoms with Crippen molar-refractivity contribution >= 4 is 5.91 Å². The number of rotatable bonds is 5. The summed E-state index contributed by atoms with van der Waals surface area (Å²) in [5.74, 6) is 0.184. The van der Waals surface area contributed by atoms with Crippen LogP contribution in [0.2, 0.25) is 0 Å². The van der Waals surface area contributed by atoms with Gasteiger partial charge >= 0.3 is 0 Å². The minimum atomic E-state index is -0.675. The van der Waals surface area contributed by atoms with E-state index in [1.165, 1.54) is 0 Å². The first-order chi connectivity index (χ1) is 13.0. The van der Waals surface area contributed by atoms with E-state index >= 15 is 0 Å². The average molecular weight is 370 g/mol. The largest absolute Gasteiger partial charge is 0.388 e. The van der Waals surface area contributed by atoms with Crippen molar-refractivity contribution in [3.8, 4) is 6.07 Å². The topological polar surface area (TPSA) is 76.4 Å². The van der Waals surface area contributed by atoms with Gasteiger partial charge in [0.2, 0.25) is 5.91 Å². The molecule has 2 unspecified atom stereocenters. The molecule has 3 rings (SSSR count). The molecular weight excluding hydrogens is 338 g/mol. The van der Waals surface area contributed by atoms with Crippen LogP contribution in [0.5, 0.6) is 0 Å². The number of nitrogens with zero attached hydrogens (tertiary/aromatic N) is 2. The Labute approximate surface area is 162 Å². The number of likely N-dealkylation sites (tertiary alicyclic amines) is 1. The third-order valence-electron chi connectivity index (χ3n) is 6.37. The summed E-state index contributed by atoms with van der Waals surface area (Å²) >= 11 is 0. The molecule has 1 aliphatic heterocycles. The number of carbonyl (C=O) groups is 1. The van der Waals surface area contributed by atoms with Crippen LogP contribution in [-0.2, 0) is 4.79 Å². The van der Waals surface area contributed by atoms with E-state index in [0.29, 0.717) is 0 Å². The molecule has 1 amide bonds. The summed E-state index contributed by atoms with van der Waals surface area (Å²) in [4.78, 5) is 14.9. The molecule has 1 aromatic rings. The van der Waals surface area contributed by atoms with Crippen LogP contribution in [0.15, 0.2) is 30.3 Å². The zero-order chi connectivity index (χ0) is 19.3. The highest BCUT2D eigenvalue weighted by Crippen LogP contribution is 2.32. The number of aliphatic hydroxyl groups excluding tert-OH is 1. The number of hydrogen-bond donors (Lipinski definition) is 2. The van der Waals surface area contributed by atoms with Crippen molar-refractivity contribution in [2.24, 2.45) is 5.92 Å². The smallest absolute Gasteiger partial charge is 0.238 e. The standard InChI is InChI=1S/C22H31N3O2/c1-17(21(27)24-22(16-23)12-6-3-7-13-22)25-14-10-19(11-15-25)20(26)18-8-4-2-5-9-18/h2,4-5,8-9,17,19-20,26H,3,6-7,10-15H2,1H3,(H,24,27). The van der Waals surface area contributed by atoms with Crippen LogP contribution in [0.3, 0.4) is 0 Å². The van der Waals surface area contributed by atoms with Crippen molar-refractivity contribution < 1.29 is 9.90 Å². The second-order valence-electron chi connectivity index (χ2n) is 8.15. The van der Waals surface area contributed by atoms with Crippen LogP contribution in [0.4, 0.5) is 0 Å². The lowest BCUT2D eigenvalue weighted by Crippen LogP contribution is -2.56. The molecule has 0 spiro atoms.